The maximum atomic E-state index is 13.2. The van der Waals surface area contributed by atoms with Gasteiger partial charge in [0, 0.05) is 5.69 Å². The number of hydrogen-bond donors (Lipinski definition) is 1. The first-order valence-electron chi connectivity index (χ1n) is 3.39. The summed E-state index contributed by atoms with van der Waals surface area (Å²) in [6.45, 7) is 1.18. The number of ketones is 1. The zero-order chi connectivity index (χ0) is 10.2. The number of hydrogen-bond acceptors (Lipinski definition) is 2. The van der Waals surface area contributed by atoms with E-state index in [-0.39, 0.29) is 14.8 Å². The van der Waals surface area contributed by atoms with Crippen LogP contribution in [0.15, 0.2) is 6.07 Å². The van der Waals surface area contributed by atoms with Crippen LogP contribution in [0.2, 0.25) is 0 Å². The van der Waals surface area contributed by atoms with Crippen LogP contribution in [0, 0.1) is 15.2 Å². The van der Waals surface area contributed by atoms with E-state index in [4.69, 9.17) is 5.73 Å². The Hall–Kier alpha value is -0.720. The van der Waals surface area contributed by atoms with Crippen LogP contribution in [0.5, 0.6) is 0 Å². The second kappa shape index (κ2) is 3.57. The molecule has 1 aromatic carbocycles. The molecule has 0 aliphatic heterocycles. The highest BCUT2D eigenvalue weighted by atomic mass is 127. The van der Waals surface area contributed by atoms with Crippen LogP contribution >= 0.6 is 22.6 Å². The van der Waals surface area contributed by atoms with Gasteiger partial charge in [0.05, 0.1) is 9.13 Å². The summed E-state index contributed by atoms with van der Waals surface area (Å²) in [5.74, 6) is -2.14. The summed E-state index contributed by atoms with van der Waals surface area (Å²) >= 11 is 1.49. The first kappa shape index (κ1) is 10.4. The molecule has 0 amide bonds. The summed E-state index contributed by atoms with van der Waals surface area (Å²) in [5.41, 5.74) is 4.88. The maximum Gasteiger partial charge on any atom is 0.164 e. The minimum atomic E-state index is -0.884. The van der Waals surface area contributed by atoms with Gasteiger partial charge in [0.1, 0.15) is 5.82 Å². The van der Waals surface area contributed by atoms with E-state index < -0.39 is 17.4 Å². The van der Waals surface area contributed by atoms with Crippen molar-refractivity contribution in [2.24, 2.45) is 0 Å². The smallest absolute Gasteiger partial charge is 0.164 e. The largest absolute Gasteiger partial charge is 0.398 e. The molecule has 0 unspecified atom stereocenters. The number of benzene rings is 1. The summed E-state index contributed by atoms with van der Waals surface area (Å²) in [6.07, 6.45) is 0. The summed E-state index contributed by atoms with van der Waals surface area (Å²) in [6, 6.07) is 0.946. The number of halogens is 3. The van der Waals surface area contributed by atoms with E-state index in [1.54, 1.807) is 0 Å². The van der Waals surface area contributed by atoms with E-state index in [1.807, 2.05) is 0 Å². The molecule has 0 bridgehead atoms. The number of Topliss-reactive ketones (excluding diaryl/α,β-unsaturated/α-hetero) is 1. The van der Waals surface area contributed by atoms with Crippen molar-refractivity contribution >= 4 is 34.1 Å². The van der Waals surface area contributed by atoms with Crippen LogP contribution in [0.1, 0.15) is 17.3 Å². The van der Waals surface area contributed by atoms with Crippen LogP contribution in [0.25, 0.3) is 0 Å². The Morgan fingerprint density at radius 3 is 2.54 bits per heavy atom. The van der Waals surface area contributed by atoms with Crippen molar-refractivity contribution in [1.29, 1.82) is 0 Å². The quantitative estimate of drug-likeness (QED) is 0.374. The van der Waals surface area contributed by atoms with Crippen LogP contribution < -0.4 is 5.73 Å². The van der Waals surface area contributed by atoms with E-state index in [9.17, 15) is 13.6 Å². The van der Waals surface area contributed by atoms with Gasteiger partial charge in [-0.2, -0.15) is 0 Å². The second-order valence-corrected chi connectivity index (χ2v) is 3.59. The number of nitrogen functional groups attached to an aromatic ring is 1. The lowest BCUT2D eigenvalue weighted by molar-refractivity contribution is 0.101. The highest BCUT2D eigenvalue weighted by Gasteiger charge is 2.17. The molecule has 0 aromatic heterocycles. The third kappa shape index (κ3) is 1.79. The minimum absolute atomic E-state index is 0.164. The molecule has 70 valence electrons. The normalized spacial score (nSPS) is 10.2. The van der Waals surface area contributed by atoms with Gasteiger partial charge in [-0.3, -0.25) is 4.79 Å². The van der Waals surface area contributed by atoms with Crippen molar-refractivity contribution in [3.05, 3.63) is 26.8 Å². The molecule has 0 aliphatic carbocycles. The van der Waals surface area contributed by atoms with Crippen LogP contribution in [0.4, 0.5) is 14.5 Å². The van der Waals surface area contributed by atoms with E-state index in [0.717, 1.165) is 6.07 Å². The fourth-order valence-corrected chi connectivity index (χ4v) is 1.40. The second-order valence-electron chi connectivity index (χ2n) is 2.51. The van der Waals surface area contributed by atoms with E-state index in [1.165, 1.54) is 29.5 Å². The Kier molecular flexibility index (Phi) is 2.84. The molecule has 0 spiro atoms. The van der Waals surface area contributed by atoms with Crippen molar-refractivity contribution in [3.63, 3.8) is 0 Å². The van der Waals surface area contributed by atoms with Crippen molar-refractivity contribution in [2.45, 2.75) is 6.92 Å². The van der Waals surface area contributed by atoms with Gasteiger partial charge in [-0.25, -0.2) is 8.78 Å². The number of carbonyl (C=O) groups excluding carboxylic acids is 1. The van der Waals surface area contributed by atoms with Gasteiger partial charge in [-0.05, 0) is 35.6 Å². The molecular weight excluding hydrogens is 291 g/mol. The van der Waals surface area contributed by atoms with Crippen LogP contribution in [0.3, 0.4) is 0 Å². The molecule has 1 rings (SSSR count). The minimum Gasteiger partial charge on any atom is -0.398 e. The third-order valence-electron chi connectivity index (χ3n) is 1.54. The van der Waals surface area contributed by atoms with Gasteiger partial charge in [0.2, 0.25) is 0 Å². The fraction of sp³-hybridized carbons (Fsp3) is 0.125. The Bertz CT molecular complexity index is 379. The first-order valence-corrected chi connectivity index (χ1v) is 4.47. The fourth-order valence-electron chi connectivity index (χ4n) is 0.971. The molecule has 0 saturated heterocycles. The number of anilines is 1. The monoisotopic (exact) mass is 297 g/mol. The zero-order valence-corrected chi connectivity index (χ0v) is 8.85. The summed E-state index contributed by atoms with van der Waals surface area (Å²) in [7, 11) is 0. The molecular formula is C8H6F2INO. The van der Waals surface area contributed by atoms with Crippen LogP contribution in [-0.2, 0) is 0 Å². The molecule has 0 fully saturated rings. The average molecular weight is 297 g/mol. The lowest BCUT2D eigenvalue weighted by Crippen LogP contribution is -2.06. The Morgan fingerprint density at radius 2 is 2.08 bits per heavy atom. The third-order valence-corrected chi connectivity index (χ3v) is 2.53. The SMILES string of the molecule is CC(=O)c1c(N)cc(F)c(I)c1F. The standard InChI is InChI=1S/C8H6F2INO/c1-3(13)6-5(12)2-4(9)8(11)7(6)10/h2H,12H2,1H3. The van der Waals surface area contributed by atoms with Gasteiger partial charge in [0.25, 0.3) is 0 Å². The lowest BCUT2D eigenvalue weighted by Gasteiger charge is -2.05. The first-order chi connectivity index (χ1) is 5.95. The van der Waals surface area contributed by atoms with Gasteiger partial charge in [0.15, 0.2) is 11.6 Å². The number of carbonyl (C=O) groups is 1. The van der Waals surface area contributed by atoms with Crippen molar-refractivity contribution in [1.82, 2.24) is 0 Å². The van der Waals surface area contributed by atoms with Gasteiger partial charge in [-0.15, -0.1) is 0 Å². The summed E-state index contributed by atoms with van der Waals surface area (Å²) < 4.78 is 25.9. The molecule has 2 N–H and O–H groups in total. The zero-order valence-electron chi connectivity index (χ0n) is 6.70. The predicted molar refractivity (Wildman–Crippen MR) is 53.5 cm³/mol. The van der Waals surface area contributed by atoms with Crippen molar-refractivity contribution in [3.8, 4) is 0 Å². The molecule has 2 nitrogen and oxygen atoms in total. The van der Waals surface area contributed by atoms with Gasteiger partial charge >= 0.3 is 0 Å². The molecule has 0 radical (unpaired) electrons. The summed E-state index contributed by atoms with van der Waals surface area (Å²) in [4.78, 5) is 10.9. The lowest BCUT2D eigenvalue weighted by atomic mass is 10.1. The van der Waals surface area contributed by atoms with Gasteiger partial charge in [-0.1, -0.05) is 0 Å². The van der Waals surface area contributed by atoms with E-state index in [2.05, 4.69) is 0 Å². The molecule has 5 heteroatoms. The van der Waals surface area contributed by atoms with Crippen LogP contribution in [-0.4, -0.2) is 5.78 Å². The van der Waals surface area contributed by atoms with Crippen molar-refractivity contribution < 1.29 is 13.6 Å². The summed E-state index contributed by atoms with van der Waals surface area (Å²) in [5, 5.41) is 0. The number of rotatable bonds is 1. The van der Waals surface area contributed by atoms with Crippen molar-refractivity contribution in [2.75, 3.05) is 5.73 Å². The number of nitrogens with two attached hydrogens (primary N) is 1. The Morgan fingerprint density at radius 1 is 1.54 bits per heavy atom. The molecule has 0 atom stereocenters. The molecule has 0 heterocycles. The average Bonchev–Trinajstić information content (AvgIpc) is 1.99. The topological polar surface area (TPSA) is 43.1 Å². The highest BCUT2D eigenvalue weighted by molar-refractivity contribution is 14.1. The van der Waals surface area contributed by atoms with Gasteiger partial charge < -0.3 is 5.73 Å². The van der Waals surface area contributed by atoms with E-state index in [0.29, 0.717) is 0 Å². The maximum absolute atomic E-state index is 13.2. The molecule has 0 saturated carbocycles. The predicted octanol–water partition coefficient (Wildman–Crippen LogP) is 2.35. The molecule has 1 aromatic rings. The molecule has 0 aliphatic rings. The highest BCUT2D eigenvalue weighted by Crippen LogP contribution is 2.24. The van der Waals surface area contributed by atoms with E-state index >= 15 is 0 Å². The molecule has 13 heavy (non-hydrogen) atoms. The Balaban J connectivity index is 3.53. The Labute approximate surface area is 87.3 Å².